The van der Waals surface area contributed by atoms with Crippen molar-refractivity contribution < 1.29 is 0 Å². The fourth-order valence-corrected chi connectivity index (χ4v) is 6.49. The van der Waals surface area contributed by atoms with Crippen LogP contribution in [0.15, 0.2) is 27.0 Å². The first-order chi connectivity index (χ1) is 16.6. The number of hydrogen-bond donors (Lipinski definition) is 0. The van der Waals surface area contributed by atoms with Gasteiger partial charge in [0.25, 0.3) is 0 Å². The second kappa shape index (κ2) is 12.1. The normalized spacial score (nSPS) is 16.3. The summed E-state index contributed by atoms with van der Waals surface area (Å²) in [5.74, 6) is 1.75. The molecule has 0 fully saturated rings. The zero-order valence-corrected chi connectivity index (χ0v) is 25.1. The predicted octanol–water partition coefficient (Wildman–Crippen LogP) is 7.53. The van der Waals surface area contributed by atoms with E-state index in [2.05, 4.69) is 84.7 Å². The minimum atomic E-state index is 0.364. The Morgan fingerprint density at radius 2 is 1.83 bits per heavy atom. The molecule has 0 amide bonds. The number of allylic oxidation sites excluding steroid dienone is 1. The van der Waals surface area contributed by atoms with Crippen LogP contribution in [-0.4, -0.2) is 51.2 Å². The lowest BCUT2D eigenvalue weighted by Crippen LogP contribution is -2.35. The van der Waals surface area contributed by atoms with E-state index < -0.39 is 0 Å². The Bertz CT molecular complexity index is 1130. The molecule has 3 heterocycles. The Kier molecular flexibility index (Phi) is 9.63. The number of likely N-dealkylation sites (N-methyl/N-ethyl adjacent to an activating group) is 1. The van der Waals surface area contributed by atoms with Crippen molar-refractivity contribution in [2.24, 2.45) is 10.9 Å². The summed E-state index contributed by atoms with van der Waals surface area (Å²) in [6.07, 6.45) is 5.66. The molecule has 2 aromatic heterocycles. The maximum atomic E-state index is 5.07. The number of hydrazine groups is 1. The number of rotatable bonds is 11. The highest BCUT2D eigenvalue weighted by atomic mass is 79.9. The second-order valence-corrected chi connectivity index (χ2v) is 11.6. The van der Waals surface area contributed by atoms with E-state index in [0.29, 0.717) is 18.5 Å². The largest absolute Gasteiger partial charge is 0.290 e. The van der Waals surface area contributed by atoms with E-state index in [1.54, 1.807) is 11.8 Å². The number of fused-ring (bicyclic) bond motifs is 1. The van der Waals surface area contributed by atoms with Crippen LogP contribution in [0.3, 0.4) is 0 Å². The number of aliphatic imine (C=N–C) groups is 1. The van der Waals surface area contributed by atoms with Crippen LogP contribution in [0.5, 0.6) is 0 Å². The number of aromatic nitrogens is 3. The molecular weight excluding hydrogens is 520 g/mol. The summed E-state index contributed by atoms with van der Waals surface area (Å²) in [5.41, 5.74) is 5.33. The molecule has 0 aromatic carbocycles. The highest BCUT2D eigenvalue weighted by Gasteiger charge is 2.28. The van der Waals surface area contributed by atoms with Gasteiger partial charge in [0.1, 0.15) is 6.67 Å². The van der Waals surface area contributed by atoms with Crippen LogP contribution >= 0.6 is 27.7 Å². The average Bonchev–Trinajstić information content (AvgIpc) is 3.33. The third-order valence-electron chi connectivity index (χ3n) is 6.82. The molecule has 0 bridgehead atoms. The molecule has 1 aliphatic heterocycles. The third kappa shape index (κ3) is 5.86. The summed E-state index contributed by atoms with van der Waals surface area (Å²) in [6, 6.07) is 2.23. The fourth-order valence-electron chi connectivity index (χ4n) is 4.55. The van der Waals surface area contributed by atoms with Gasteiger partial charge in [-0.2, -0.15) is 5.10 Å². The van der Waals surface area contributed by atoms with Crippen LogP contribution in [-0.2, 0) is 0 Å². The van der Waals surface area contributed by atoms with Crippen molar-refractivity contribution in [1.82, 2.24) is 24.6 Å². The van der Waals surface area contributed by atoms with Crippen LogP contribution in [0.2, 0.25) is 0 Å². The van der Waals surface area contributed by atoms with Gasteiger partial charge in [0.05, 0.1) is 11.3 Å². The second-order valence-electron chi connectivity index (χ2n) is 9.61. The van der Waals surface area contributed by atoms with E-state index in [9.17, 15) is 0 Å². The maximum absolute atomic E-state index is 5.07. The van der Waals surface area contributed by atoms with Crippen molar-refractivity contribution in [3.05, 3.63) is 44.7 Å². The Balaban J connectivity index is 2.19. The van der Waals surface area contributed by atoms with Crippen molar-refractivity contribution in [3.63, 3.8) is 0 Å². The van der Waals surface area contributed by atoms with Crippen LogP contribution in [0.4, 0.5) is 0 Å². The van der Waals surface area contributed by atoms with Crippen molar-refractivity contribution in [2.45, 2.75) is 79.6 Å². The molecular formula is C27H41BrN6S. The zero-order chi connectivity index (χ0) is 25.9. The van der Waals surface area contributed by atoms with Gasteiger partial charge >= 0.3 is 0 Å². The fraction of sp³-hybridized carbons (Fsp3) is 0.593. The Morgan fingerprint density at radius 1 is 1.17 bits per heavy atom. The van der Waals surface area contributed by atoms with Gasteiger partial charge in [0.15, 0.2) is 11.5 Å². The molecule has 8 heteroatoms. The minimum absolute atomic E-state index is 0.364. The van der Waals surface area contributed by atoms with Gasteiger partial charge in [-0.15, -0.1) is 0 Å². The summed E-state index contributed by atoms with van der Waals surface area (Å²) in [4.78, 5) is 11.8. The standard InChI is InChI=1S/C27H41BrN6S/c1-10-13-21(14-11-2)22-15-18(5)30-27-23(19(6)31-34(22)27)25(24(28)17(4)12-3)35-20(7)26-29-16-32(8)33(26)9/h15,17,21H,7,10-14,16H2,1-6,8-9H3/b25-24+. The number of nitrogens with zero attached hydrogens (tertiary/aromatic N) is 6. The number of thioether (sulfide) groups is 1. The van der Waals surface area contributed by atoms with Crippen LogP contribution in [0, 0.1) is 19.8 Å². The molecule has 6 nitrogen and oxygen atoms in total. The van der Waals surface area contributed by atoms with E-state index in [1.807, 2.05) is 14.1 Å². The molecule has 3 rings (SSSR count). The molecule has 35 heavy (non-hydrogen) atoms. The van der Waals surface area contributed by atoms with Crippen molar-refractivity contribution in [3.8, 4) is 0 Å². The van der Waals surface area contributed by atoms with E-state index in [0.717, 1.165) is 70.3 Å². The maximum Gasteiger partial charge on any atom is 0.164 e. The van der Waals surface area contributed by atoms with Gasteiger partial charge in [0.2, 0.25) is 0 Å². The van der Waals surface area contributed by atoms with Crippen molar-refractivity contribution in [1.29, 1.82) is 0 Å². The summed E-state index contributed by atoms with van der Waals surface area (Å²) < 4.78 is 3.28. The molecule has 0 N–H and O–H groups in total. The summed E-state index contributed by atoms with van der Waals surface area (Å²) in [5, 5.41) is 9.21. The predicted molar refractivity (Wildman–Crippen MR) is 155 cm³/mol. The highest BCUT2D eigenvalue weighted by Crippen LogP contribution is 2.45. The summed E-state index contributed by atoms with van der Waals surface area (Å²) >= 11 is 5.65. The Labute approximate surface area is 224 Å². The molecule has 0 aliphatic carbocycles. The van der Waals surface area contributed by atoms with Gasteiger partial charge < -0.3 is 0 Å². The molecule has 192 valence electrons. The molecule has 0 radical (unpaired) electrons. The number of amidine groups is 1. The molecule has 2 aromatic rings. The van der Waals surface area contributed by atoms with Gasteiger partial charge in [-0.1, -0.05) is 74.8 Å². The lowest BCUT2D eigenvalue weighted by molar-refractivity contribution is 0.136. The smallest absolute Gasteiger partial charge is 0.164 e. The lowest BCUT2D eigenvalue weighted by atomic mass is 9.94. The van der Waals surface area contributed by atoms with Crippen LogP contribution < -0.4 is 0 Å². The summed E-state index contributed by atoms with van der Waals surface area (Å²) in [7, 11) is 4.07. The summed E-state index contributed by atoms with van der Waals surface area (Å²) in [6.45, 7) is 18.3. The van der Waals surface area contributed by atoms with Crippen LogP contribution in [0.25, 0.3) is 10.6 Å². The Morgan fingerprint density at radius 3 is 2.37 bits per heavy atom. The van der Waals surface area contributed by atoms with Gasteiger partial charge in [-0.05, 0) is 45.1 Å². The van der Waals surface area contributed by atoms with Crippen molar-refractivity contribution in [2.75, 3.05) is 20.8 Å². The average molecular weight is 562 g/mol. The van der Waals surface area contributed by atoms with Gasteiger partial charge in [-0.25, -0.2) is 19.5 Å². The number of halogens is 1. The van der Waals surface area contributed by atoms with Crippen molar-refractivity contribution >= 4 is 44.1 Å². The monoisotopic (exact) mass is 560 g/mol. The van der Waals surface area contributed by atoms with Gasteiger partial charge in [0, 0.05) is 45.7 Å². The molecule has 0 saturated heterocycles. The first-order valence-corrected chi connectivity index (χ1v) is 14.4. The first-order valence-electron chi connectivity index (χ1n) is 12.8. The Hall–Kier alpha value is -1.64. The zero-order valence-electron chi connectivity index (χ0n) is 22.7. The third-order valence-corrected chi connectivity index (χ3v) is 9.32. The molecule has 0 spiro atoms. The van der Waals surface area contributed by atoms with Crippen LogP contribution in [0.1, 0.15) is 88.4 Å². The molecule has 0 saturated carbocycles. The quantitative estimate of drug-likeness (QED) is 0.284. The van der Waals surface area contributed by atoms with E-state index >= 15 is 0 Å². The topological polar surface area (TPSA) is 49.0 Å². The SMILES string of the molecule is C=C(S/C(=C(/Br)C(C)CC)c1c(C)nn2c(C(CCC)CCC)cc(C)nc12)C1=NCN(C)N1C. The molecule has 1 unspecified atom stereocenters. The highest BCUT2D eigenvalue weighted by molar-refractivity contribution is 9.12. The van der Waals surface area contributed by atoms with Gasteiger partial charge in [-0.3, -0.25) is 5.01 Å². The lowest BCUT2D eigenvalue weighted by Gasteiger charge is -2.24. The minimum Gasteiger partial charge on any atom is -0.290 e. The number of hydrogen-bond acceptors (Lipinski definition) is 6. The molecule has 1 aliphatic rings. The van der Waals surface area contributed by atoms with E-state index in [-0.39, 0.29) is 0 Å². The van der Waals surface area contributed by atoms with E-state index in [4.69, 9.17) is 15.1 Å². The molecule has 1 atom stereocenters. The number of aryl methyl sites for hydroxylation is 2. The first kappa shape index (κ1) is 27.9. The van der Waals surface area contributed by atoms with E-state index in [1.165, 1.54) is 10.2 Å².